The van der Waals surface area contributed by atoms with Gasteiger partial charge in [0.15, 0.2) is 0 Å². The summed E-state index contributed by atoms with van der Waals surface area (Å²) in [6.45, 7) is 4.25. The number of aromatic amines is 1. The Labute approximate surface area is 113 Å². The Morgan fingerprint density at radius 3 is 2.37 bits per heavy atom. The van der Waals surface area contributed by atoms with E-state index < -0.39 is 0 Å². The number of hydrogen-bond donors (Lipinski definition) is 1. The van der Waals surface area contributed by atoms with Crippen LogP contribution >= 0.6 is 0 Å². The van der Waals surface area contributed by atoms with Gasteiger partial charge in [0, 0.05) is 18.1 Å². The van der Waals surface area contributed by atoms with E-state index in [0.717, 1.165) is 42.8 Å². The molecule has 2 aromatic rings. The molecule has 0 aliphatic carbocycles. The molecule has 0 saturated carbocycles. The number of aryl methyl sites for hydroxylation is 2. The summed E-state index contributed by atoms with van der Waals surface area (Å²) in [5.74, 6) is 0.766. The van der Waals surface area contributed by atoms with Gasteiger partial charge in [-0.1, -0.05) is 44.5 Å². The number of hydrogen-bond acceptors (Lipinski definition) is 2. The average Bonchev–Trinajstić information content (AvgIpc) is 2.40. The molecule has 0 atom stereocenters. The second-order valence-electron chi connectivity index (χ2n) is 4.77. The highest BCUT2D eigenvalue weighted by molar-refractivity contribution is 5.58. The molecule has 0 aliphatic heterocycles. The molecule has 0 saturated heterocycles. The summed E-state index contributed by atoms with van der Waals surface area (Å²) < 4.78 is 0. The van der Waals surface area contributed by atoms with E-state index in [4.69, 9.17) is 0 Å². The highest BCUT2D eigenvalue weighted by Crippen LogP contribution is 2.17. The van der Waals surface area contributed by atoms with Gasteiger partial charge < -0.3 is 4.98 Å². The topological polar surface area (TPSA) is 45.8 Å². The summed E-state index contributed by atoms with van der Waals surface area (Å²) in [5, 5.41) is 0. The number of aromatic nitrogens is 2. The van der Waals surface area contributed by atoms with Crippen molar-refractivity contribution in [2.45, 2.75) is 39.5 Å². The van der Waals surface area contributed by atoms with Gasteiger partial charge in [-0.2, -0.15) is 0 Å². The Morgan fingerprint density at radius 2 is 1.74 bits per heavy atom. The van der Waals surface area contributed by atoms with Crippen LogP contribution in [-0.4, -0.2) is 9.97 Å². The number of nitrogens with one attached hydrogen (secondary N) is 1. The van der Waals surface area contributed by atoms with Gasteiger partial charge in [-0.25, -0.2) is 4.98 Å². The fourth-order valence-corrected chi connectivity index (χ4v) is 2.14. The first kappa shape index (κ1) is 13.5. The molecule has 2 rings (SSSR count). The van der Waals surface area contributed by atoms with E-state index in [2.05, 4.69) is 35.9 Å². The van der Waals surface area contributed by atoms with Crippen LogP contribution < -0.4 is 5.56 Å². The third-order valence-electron chi connectivity index (χ3n) is 3.07. The molecule has 3 heteroatoms. The zero-order valence-electron chi connectivity index (χ0n) is 11.6. The summed E-state index contributed by atoms with van der Waals surface area (Å²) in [6, 6.07) is 9.88. The SMILES string of the molecule is CCCc1ccc(-c2cc(=O)[nH]c(CCC)n2)cc1. The van der Waals surface area contributed by atoms with Gasteiger partial charge in [0.25, 0.3) is 5.56 Å². The van der Waals surface area contributed by atoms with Crippen LogP contribution in [0.2, 0.25) is 0 Å². The minimum absolute atomic E-state index is 0.0777. The van der Waals surface area contributed by atoms with Crippen molar-refractivity contribution in [2.24, 2.45) is 0 Å². The first-order valence-corrected chi connectivity index (χ1v) is 6.92. The van der Waals surface area contributed by atoms with Crippen molar-refractivity contribution in [3.8, 4) is 11.3 Å². The molecule has 0 radical (unpaired) electrons. The van der Waals surface area contributed by atoms with Gasteiger partial charge in [-0.3, -0.25) is 4.79 Å². The van der Waals surface area contributed by atoms with Gasteiger partial charge in [-0.05, 0) is 18.4 Å². The summed E-state index contributed by atoms with van der Waals surface area (Å²) in [5.41, 5.74) is 3.01. The maximum Gasteiger partial charge on any atom is 0.251 e. The Morgan fingerprint density at radius 1 is 1.05 bits per heavy atom. The standard InChI is InChI=1S/C16H20N2O/c1-3-5-12-7-9-13(10-8-12)14-11-16(19)18-15(17-14)6-4-2/h7-11H,3-6H2,1-2H3,(H,17,18,19). The van der Waals surface area contributed by atoms with Crippen molar-refractivity contribution >= 4 is 0 Å². The third-order valence-corrected chi connectivity index (χ3v) is 3.07. The molecule has 0 unspecified atom stereocenters. The molecule has 1 N–H and O–H groups in total. The third kappa shape index (κ3) is 3.53. The maximum absolute atomic E-state index is 11.6. The highest BCUT2D eigenvalue weighted by Gasteiger charge is 2.03. The lowest BCUT2D eigenvalue weighted by atomic mass is 10.1. The second-order valence-corrected chi connectivity index (χ2v) is 4.77. The minimum Gasteiger partial charge on any atom is -0.311 e. The molecule has 1 aromatic heterocycles. The summed E-state index contributed by atoms with van der Waals surface area (Å²) in [6.07, 6.45) is 4.01. The normalized spacial score (nSPS) is 10.6. The Hall–Kier alpha value is -1.90. The van der Waals surface area contributed by atoms with Crippen LogP contribution in [0.3, 0.4) is 0 Å². The van der Waals surface area contributed by atoms with E-state index in [1.165, 1.54) is 5.56 Å². The molecule has 1 aromatic carbocycles. The number of H-pyrrole nitrogens is 1. The van der Waals surface area contributed by atoms with E-state index in [1.54, 1.807) is 6.07 Å². The van der Waals surface area contributed by atoms with E-state index >= 15 is 0 Å². The number of nitrogens with zero attached hydrogens (tertiary/aromatic N) is 1. The van der Waals surface area contributed by atoms with Crippen LogP contribution in [0.4, 0.5) is 0 Å². The smallest absolute Gasteiger partial charge is 0.251 e. The lowest BCUT2D eigenvalue weighted by Crippen LogP contribution is -2.10. The van der Waals surface area contributed by atoms with Crippen molar-refractivity contribution in [3.63, 3.8) is 0 Å². The lowest BCUT2D eigenvalue weighted by molar-refractivity contribution is 0.827. The van der Waals surface area contributed by atoms with Crippen LogP contribution in [0.25, 0.3) is 11.3 Å². The molecular weight excluding hydrogens is 236 g/mol. The lowest BCUT2D eigenvalue weighted by Gasteiger charge is -2.05. The Kier molecular flexibility index (Phi) is 4.50. The predicted octanol–water partition coefficient (Wildman–Crippen LogP) is 3.34. The van der Waals surface area contributed by atoms with Crippen molar-refractivity contribution in [3.05, 3.63) is 52.1 Å². The van der Waals surface area contributed by atoms with Crippen LogP contribution in [0.5, 0.6) is 0 Å². The van der Waals surface area contributed by atoms with Crippen molar-refractivity contribution in [1.82, 2.24) is 9.97 Å². The predicted molar refractivity (Wildman–Crippen MR) is 78.3 cm³/mol. The van der Waals surface area contributed by atoms with Crippen molar-refractivity contribution in [2.75, 3.05) is 0 Å². The molecule has 19 heavy (non-hydrogen) atoms. The van der Waals surface area contributed by atoms with Crippen LogP contribution in [0, 0.1) is 0 Å². The fourth-order valence-electron chi connectivity index (χ4n) is 2.14. The van der Waals surface area contributed by atoms with Gasteiger partial charge in [0.05, 0.1) is 5.69 Å². The second kappa shape index (κ2) is 6.32. The molecule has 0 amide bonds. The number of rotatable bonds is 5. The molecule has 100 valence electrons. The summed E-state index contributed by atoms with van der Waals surface area (Å²) in [7, 11) is 0. The minimum atomic E-state index is -0.0777. The van der Waals surface area contributed by atoms with E-state index in [0.29, 0.717) is 0 Å². The first-order chi connectivity index (χ1) is 9.22. The van der Waals surface area contributed by atoms with Crippen molar-refractivity contribution in [1.29, 1.82) is 0 Å². The zero-order valence-corrected chi connectivity index (χ0v) is 11.6. The van der Waals surface area contributed by atoms with Crippen LogP contribution in [-0.2, 0) is 12.8 Å². The summed E-state index contributed by atoms with van der Waals surface area (Å²) >= 11 is 0. The number of benzene rings is 1. The molecular formula is C16H20N2O. The van der Waals surface area contributed by atoms with E-state index in [1.807, 2.05) is 12.1 Å². The molecule has 0 aliphatic rings. The van der Waals surface area contributed by atoms with Gasteiger partial charge in [0.2, 0.25) is 0 Å². The molecule has 1 heterocycles. The average molecular weight is 256 g/mol. The molecule has 0 fully saturated rings. The molecule has 0 spiro atoms. The first-order valence-electron chi connectivity index (χ1n) is 6.92. The monoisotopic (exact) mass is 256 g/mol. The fraction of sp³-hybridized carbons (Fsp3) is 0.375. The van der Waals surface area contributed by atoms with E-state index in [-0.39, 0.29) is 5.56 Å². The summed E-state index contributed by atoms with van der Waals surface area (Å²) in [4.78, 5) is 18.9. The van der Waals surface area contributed by atoms with Gasteiger partial charge >= 0.3 is 0 Å². The highest BCUT2D eigenvalue weighted by atomic mass is 16.1. The van der Waals surface area contributed by atoms with Gasteiger partial charge in [-0.15, -0.1) is 0 Å². The quantitative estimate of drug-likeness (QED) is 0.891. The zero-order chi connectivity index (χ0) is 13.7. The van der Waals surface area contributed by atoms with Gasteiger partial charge in [0.1, 0.15) is 5.82 Å². The van der Waals surface area contributed by atoms with E-state index in [9.17, 15) is 4.79 Å². The van der Waals surface area contributed by atoms with Crippen molar-refractivity contribution < 1.29 is 0 Å². The Bertz CT molecular complexity index is 584. The maximum atomic E-state index is 11.6. The Balaban J connectivity index is 2.32. The molecule has 0 bridgehead atoms. The largest absolute Gasteiger partial charge is 0.311 e. The molecule has 3 nitrogen and oxygen atoms in total. The van der Waals surface area contributed by atoms with Crippen LogP contribution in [0.1, 0.15) is 38.1 Å². The van der Waals surface area contributed by atoms with Crippen LogP contribution in [0.15, 0.2) is 35.1 Å².